The summed E-state index contributed by atoms with van der Waals surface area (Å²) in [5, 5.41) is 3.23. The summed E-state index contributed by atoms with van der Waals surface area (Å²) < 4.78 is 5.96. The third-order valence-corrected chi connectivity index (χ3v) is 3.36. The molecule has 3 nitrogen and oxygen atoms in total. The highest BCUT2D eigenvalue weighted by molar-refractivity contribution is 5.47. The Kier molecular flexibility index (Phi) is 4.51. The largest absolute Gasteiger partial charge is 0.455 e. The van der Waals surface area contributed by atoms with Gasteiger partial charge in [-0.05, 0) is 36.5 Å². The molecule has 0 fully saturated rings. The summed E-state index contributed by atoms with van der Waals surface area (Å²) >= 11 is 0. The molecule has 1 aromatic heterocycles. The summed E-state index contributed by atoms with van der Waals surface area (Å²) in [4.78, 5) is 4.20. The molecule has 0 unspecified atom stereocenters. The van der Waals surface area contributed by atoms with Crippen molar-refractivity contribution >= 4 is 5.69 Å². The van der Waals surface area contributed by atoms with Crippen LogP contribution in [-0.4, -0.2) is 11.5 Å². The lowest BCUT2D eigenvalue weighted by Crippen LogP contribution is -2.11. The molecule has 2 rings (SSSR count). The van der Waals surface area contributed by atoms with Crippen LogP contribution in [0.3, 0.4) is 0 Å². The minimum absolute atomic E-state index is 0.149. The maximum atomic E-state index is 5.96. The number of ether oxygens (including phenoxy) is 1. The van der Waals surface area contributed by atoms with Crippen molar-refractivity contribution in [2.75, 3.05) is 11.9 Å². The van der Waals surface area contributed by atoms with Crippen LogP contribution in [0.5, 0.6) is 11.5 Å². The molecule has 3 heteroatoms. The molecule has 0 amide bonds. The smallest absolute Gasteiger partial charge is 0.147 e. The van der Waals surface area contributed by atoms with Crippen molar-refractivity contribution in [2.45, 2.75) is 40.0 Å². The van der Waals surface area contributed by atoms with E-state index in [4.69, 9.17) is 4.74 Å². The SMILES string of the molecule is CCNc1cncc(Oc2ccc(C(C)(C)C)cc2C)c1. The molecular formula is C18H24N2O. The zero-order valence-electron chi connectivity index (χ0n) is 13.5. The lowest BCUT2D eigenvalue weighted by Gasteiger charge is -2.20. The normalized spacial score (nSPS) is 11.3. The monoisotopic (exact) mass is 284 g/mol. The van der Waals surface area contributed by atoms with Crippen molar-refractivity contribution in [1.29, 1.82) is 0 Å². The quantitative estimate of drug-likeness (QED) is 0.866. The van der Waals surface area contributed by atoms with Crippen LogP contribution in [0.4, 0.5) is 5.69 Å². The molecule has 112 valence electrons. The van der Waals surface area contributed by atoms with Crippen molar-refractivity contribution < 1.29 is 4.74 Å². The number of aromatic nitrogens is 1. The van der Waals surface area contributed by atoms with Gasteiger partial charge in [0, 0.05) is 12.6 Å². The van der Waals surface area contributed by atoms with Crippen LogP contribution >= 0.6 is 0 Å². The molecule has 0 saturated carbocycles. The Hall–Kier alpha value is -2.03. The van der Waals surface area contributed by atoms with E-state index in [0.717, 1.165) is 29.3 Å². The second kappa shape index (κ2) is 6.17. The molecule has 0 spiro atoms. The summed E-state index contributed by atoms with van der Waals surface area (Å²) in [5.74, 6) is 1.62. The standard InChI is InChI=1S/C18H24N2O/c1-6-20-15-10-16(12-19-11-15)21-17-8-7-14(9-13(17)2)18(3,4)5/h7-12,20H,6H2,1-5H3. The molecule has 2 aromatic rings. The molecule has 0 bridgehead atoms. The fourth-order valence-electron chi connectivity index (χ4n) is 2.13. The number of pyridine rings is 1. The second-order valence-corrected chi connectivity index (χ2v) is 6.27. The molecule has 1 N–H and O–H groups in total. The Bertz CT molecular complexity index is 615. The summed E-state index contributed by atoms with van der Waals surface area (Å²) in [5.41, 5.74) is 3.57. The van der Waals surface area contributed by atoms with Gasteiger partial charge in [-0.2, -0.15) is 0 Å². The van der Waals surface area contributed by atoms with Crippen LogP contribution in [-0.2, 0) is 5.41 Å². The zero-order chi connectivity index (χ0) is 15.5. The first-order valence-corrected chi connectivity index (χ1v) is 7.38. The minimum atomic E-state index is 0.149. The summed E-state index contributed by atoms with van der Waals surface area (Å²) in [6, 6.07) is 8.32. The van der Waals surface area contributed by atoms with E-state index in [1.165, 1.54) is 5.56 Å². The zero-order valence-corrected chi connectivity index (χ0v) is 13.5. The molecule has 0 aliphatic rings. The van der Waals surface area contributed by atoms with Gasteiger partial charge in [-0.3, -0.25) is 4.98 Å². The molecule has 1 heterocycles. The number of aryl methyl sites for hydroxylation is 1. The molecule has 0 aliphatic heterocycles. The topological polar surface area (TPSA) is 34.2 Å². The summed E-state index contributed by atoms with van der Waals surface area (Å²) in [6.45, 7) is 11.6. The Labute approximate surface area is 127 Å². The van der Waals surface area contributed by atoms with Crippen molar-refractivity contribution in [1.82, 2.24) is 4.98 Å². The van der Waals surface area contributed by atoms with E-state index in [9.17, 15) is 0 Å². The highest BCUT2D eigenvalue weighted by Crippen LogP contribution is 2.30. The van der Waals surface area contributed by atoms with E-state index in [1.54, 1.807) is 12.4 Å². The average Bonchev–Trinajstić information content (AvgIpc) is 2.41. The summed E-state index contributed by atoms with van der Waals surface area (Å²) in [7, 11) is 0. The predicted octanol–water partition coefficient (Wildman–Crippen LogP) is 4.91. The lowest BCUT2D eigenvalue weighted by molar-refractivity contribution is 0.475. The van der Waals surface area contributed by atoms with E-state index in [0.29, 0.717) is 0 Å². The van der Waals surface area contributed by atoms with E-state index in [-0.39, 0.29) is 5.41 Å². The van der Waals surface area contributed by atoms with E-state index in [1.807, 2.05) is 12.1 Å². The van der Waals surface area contributed by atoms with E-state index >= 15 is 0 Å². The molecular weight excluding hydrogens is 260 g/mol. The molecule has 1 aromatic carbocycles. The first-order chi connectivity index (χ1) is 9.90. The summed E-state index contributed by atoms with van der Waals surface area (Å²) in [6.07, 6.45) is 3.53. The Morgan fingerprint density at radius 1 is 1.14 bits per heavy atom. The molecule has 21 heavy (non-hydrogen) atoms. The number of nitrogens with one attached hydrogen (secondary N) is 1. The van der Waals surface area contributed by atoms with Gasteiger partial charge in [-0.1, -0.05) is 32.9 Å². The van der Waals surface area contributed by atoms with Crippen LogP contribution in [0.1, 0.15) is 38.8 Å². The van der Waals surface area contributed by atoms with Gasteiger partial charge in [0.2, 0.25) is 0 Å². The van der Waals surface area contributed by atoms with Gasteiger partial charge in [-0.15, -0.1) is 0 Å². The van der Waals surface area contributed by atoms with Crippen molar-refractivity contribution in [2.24, 2.45) is 0 Å². The lowest BCUT2D eigenvalue weighted by atomic mass is 9.86. The van der Waals surface area contributed by atoms with Crippen LogP contribution in [0, 0.1) is 6.92 Å². The first-order valence-electron chi connectivity index (χ1n) is 7.38. The van der Waals surface area contributed by atoms with Crippen molar-refractivity contribution in [3.05, 3.63) is 47.8 Å². The van der Waals surface area contributed by atoms with Gasteiger partial charge in [0.05, 0.1) is 18.1 Å². The molecule has 0 radical (unpaired) electrons. The van der Waals surface area contributed by atoms with Gasteiger partial charge < -0.3 is 10.1 Å². The van der Waals surface area contributed by atoms with Gasteiger partial charge in [-0.25, -0.2) is 0 Å². The van der Waals surface area contributed by atoms with Crippen LogP contribution in [0.25, 0.3) is 0 Å². The molecule has 0 atom stereocenters. The third kappa shape index (κ3) is 3.97. The molecule has 0 aliphatic carbocycles. The average molecular weight is 284 g/mol. The minimum Gasteiger partial charge on any atom is -0.455 e. The van der Waals surface area contributed by atoms with E-state index < -0.39 is 0 Å². The Morgan fingerprint density at radius 2 is 1.90 bits per heavy atom. The van der Waals surface area contributed by atoms with Crippen LogP contribution in [0.2, 0.25) is 0 Å². The number of nitrogens with zero attached hydrogens (tertiary/aromatic N) is 1. The Balaban J connectivity index is 2.22. The Morgan fingerprint density at radius 3 is 2.52 bits per heavy atom. The van der Waals surface area contributed by atoms with Crippen LogP contribution < -0.4 is 10.1 Å². The maximum absolute atomic E-state index is 5.96. The highest BCUT2D eigenvalue weighted by atomic mass is 16.5. The highest BCUT2D eigenvalue weighted by Gasteiger charge is 2.15. The maximum Gasteiger partial charge on any atom is 0.147 e. The fourth-order valence-corrected chi connectivity index (χ4v) is 2.13. The van der Waals surface area contributed by atoms with Gasteiger partial charge in [0.15, 0.2) is 0 Å². The second-order valence-electron chi connectivity index (χ2n) is 6.27. The van der Waals surface area contributed by atoms with Crippen molar-refractivity contribution in [3.63, 3.8) is 0 Å². The van der Waals surface area contributed by atoms with Crippen molar-refractivity contribution in [3.8, 4) is 11.5 Å². The van der Waals surface area contributed by atoms with Gasteiger partial charge in [0.25, 0.3) is 0 Å². The van der Waals surface area contributed by atoms with Gasteiger partial charge >= 0.3 is 0 Å². The van der Waals surface area contributed by atoms with E-state index in [2.05, 4.69) is 57.1 Å². The number of anilines is 1. The molecule has 0 saturated heterocycles. The number of hydrogen-bond acceptors (Lipinski definition) is 3. The fraction of sp³-hybridized carbons (Fsp3) is 0.389. The number of benzene rings is 1. The number of hydrogen-bond donors (Lipinski definition) is 1. The third-order valence-electron chi connectivity index (χ3n) is 3.36. The number of rotatable bonds is 4. The predicted molar refractivity (Wildman–Crippen MR) is 88.4 cm³/mol. The van der Waals surface area contributed by atoms with Gasteiger partial charge in [0.1, 0.15) is 11.5 Å². The first kappa shape index (κ1) is 15.4. The van der Waals surface area contributed by atoms with Crippen LogP contribution in [0.15, 0.2) is 36.7 Å².